The van der Waals surface area contributed by atoms with Crippen LogP contribution < -0.4 is 5.73 Å². The summed E-state index contributed by atoms with van der Waals surface area (Å²) in [7, 11) is 0. The standard InChI is InChI=1S/C13H16F3N/c1-12(2)10(7-17)11(12)8-3-5-9(6-4-8)13(14,15)16/h3-6,10-11H,7,17H2,1-2H3/t10-,11-/m0/s1. The molecule has 1 aromatic carbocycles. The van der Waals surface area contributed by atoms with Crippen LogP contribution in [0.5, 0.6) is 0 Å². The molecule has 1 saturated carbocycles. The minimum Gasteiger partial charge on any atom is -0.330 e. The van der Waals surface area contributed by atoms with Crippen LogP contribution in [0, 0.1) is 11.3 Å². The average Bonchev–Trinajstić information content (AvgIpc) is 2.79. The molecule has 2 N–H and O–H groups in total. The molecule has 2 rings (SSSR count). The summed E-state index contributed by atoms with van der Waals surface area (Å²) in [6.07, 6.45) is -4.26. The summed E-state index contributed by atoms with van der Waals surface area (Å²) in [6, 6.07) is 5.45. The molecule has 0 heterocycles. The Bertz CT molecular complexity index is 406. The van der Waals surface area contributed by atoms with Crippen molar-refractivity contribution in [2.45, 2.75) is 25.9 Å². The number of benzene rings is 1. The molecule has 1 fully saturated rings. The summed E-state index contributed by atoms with van der Waals surface area (Å²) >= 11 is 0. The van der Waals surface area contributed by atoms with Gasteiger partial charge >= 0.3 is 6.18 Å². The Balaban J connectivity index is 2.21. The van der Waals surface area contributed by atoms with Crippen molar-refractivity contribution >= 4 is 0 Å². The SMILES string of the molecule is CC1(C)[C@@H](CN)[C@@H]1c1ccc(C(F)(F)F)cc1. The zero-order chi connectivity index (χ0) is 12.8. The Labute approximate surface area is 98.8 Å². The molecule has 17 heavy (non-hydrogen) atoms. The van der Waals surface area contributed by atoms with Gasteiger partial charge in [0, 0.05) is 0 Å². The third kappa shape index (κ3) is 2.06. The second-order valence-corrected chi connectivity index (χ2v) is 5.26. The van der Waals surface area contributed by atoms with E-state index in [4.69, 9.17) is 5.73 Å². The predicted octanol–water partition coefficient (Wildman–Crippen LogP) is 3.40. The first-order valence-electron chi connectivity index (χ1n) is 5.65. The molecule has 0 spiro atoms. The summed E-state index contributed by atoms with van der Waals surface area (Å²) in [5.41, 5.74) is 6.13. The van der Waals surface area contributed by atoms with Crippen molar-refractivity contribution in [2.24, 2.45) is 17.1 Å². The van der Waals surface area contributed by atoms with E-state index in [1.165, 1.54) is 0 Å². The summed E-state index contributed by atoms with van der Waals surface area (Å²) < 4.78 is 37.2. The van der Waals surface area contributed by atoms with Gasteiger partial charge < -0.3 is 5.73 Å². The number of rotatable bonds is 2. The molecular formula is C13H16F3N. The minimum atomic E-state index is -4.26. The summed E-state index contributed by atoms with van der Waals surface area (Å²) in [5.74, 6) is 0.661. The Hall–Kier alpha value is -1.03. The second-order valence-electron chi connectivity index (χ2n) is 5.26. The van der Waals surface area contributed by atoms with Crippen molar-refractivity contribution in [1.29, 1.82) is 0 Å². The van der Waals surface area contributed by atoms with Gasteiger partial charge in [0.1, 0.15) is 0 Å². The van der Waals surface area contributed by atoms with Gasteiger partial charge in [-0.1, -0.05) is 26.0 Å². The lowest BCUT2D eigenvalue weighted by Crippen LogP contribution is -2.05. The smallest absolute Gasteiger partial charge is 0.330 e. The highest BCUT2D eigenvalue weighted by molar-refractivity contribution is 5.34. The van der Waals surface area contributed by atoms with E-state index >= 15 is 0 Å². The maximum atomic E-state index is 12.4. The van der Waals surface area contributed by atoms with Crippen molar-refractivity contribution in [3.63, 3.8) is 0 Å². The van der Waals surface area contributed by atoms with Crippen LogP contribution in [0.1, 0.15) is 30.9 Å². The van der Waals surface area contributed by atoms with Gasteiger partial charge in [-0.15, -0.1) is 0 Å². The molecular weight excluding hydrogens is 227 g/mol. The van der Waals surface area contributed by atoms with Crippen molar-refractivity contribution < 1.29 is 13.2 Å². The zero-order valence-corrected chi connectivity index (χ0v) is 9.88. The molecule has 1 aliphatic rings. The molecule has 1 aromatic rings. The topological polar surface area (TPSA) is 26.0 Å². The van der Waals surface area contributed by atoms with E-state index in [1.807, 2.05) is 0 Å². The van der Waals surface area contributed by atoms with Crippen molar-refractivity contribution in [2.75, 3.05) is 6.54 Å². The molecule has 0 unspecified atom stereocenters. The average molecular weight is 243 g/mol. The molecule has 94 valence electrons. The van der Waals surface area contributed by atoms with E-state index in [1.54, 1.807) is 12.1 Å². The fraction of sp³-hybridized carbons (Fsp3) is 0.538. The third-order valence-electron chi connectivity index (χ3n) is 3.90. The van der Waals surface area contributed by atoms with Crippen LogP contribution in [0.15, 0.2) is 24.3 Å². The normalized spacial score (nSPS) is 26.9. The summed E-state index contributed by atoms with van der Waals surface area (Å²) in [5, 5.41) is 0. The first-order chi connectivity index (χ1) is 7.78. The lowest BCUT2D eigenvalue weighted by atomic mass is 10.0. The van der Waals surface area contributed by atoms with E-state index in [0.717, 1.165) is 17.7 Å². The van der Waals surface area contributed by atoms with Crippen LogP contribution in [-0.2, 0) is 6.18 Å². The van der Waals surface area contributed by atoms with E-state index in [9.17, 15) is 13.2 Å². The van der Waals surface area contributed by atoms with Gasteiger partial charge in [0.15, 0.2) is 0 Å². The second kappa shape index (κ2) is 3.73. The first kappa shape index (κ1) is 12.4. The molecule has 0 saturated heterocycles. The minimum absolute atomic E-state index is 0.106. The molecule has 1 aliphatic carbocycles. The van der Waals surface area contributed by atoms with Crippen LogP contribution in [0.25, 0.3) is 0 Å². The van der Waals surface area contributed by atoms with Gasteiger partial charge in [0.25, 0.3) is 0 Å². The Morgan fingerprint density at radius 1 is 1.18 bits per heavy atom. The fourth-order valence-corrected chi connectivity index (χ4v) is 2.73. The highest BCUT2D eigenvalue weighted by atomic mass is 19.4. The quantitative estimate of drug-likeness (QED) is 0.846. The number of halogens is 3. The van der Waals surface area contributed by atoms with Crippen LogP contribution in [0.4, 0.5) is 13.2 Å². The lowest BCUT2D eigenvalue weighted by Gasteiger charge is -2.08. The number of nitrogens with two attached hydrogens (primary N) is 1. The monoisotopic (exact) mass is 243 g/mol. The first-order valence-corrected chi connectivity index (χ1v) is 5.65. The number of alkyl halides is 3. The van der Waals surface area contributed by atoms with Gasteiger partial charge in [-0.05, 0) is 41.5 Å². The predicted molar refractivity (Wildman–Crippen MR) is 60.5 cm³/mol. The largest absolute Gasteiger partial charge is 0.416 e. The van der Waals surface area contributed by atoms with Gasteiger partial charge in [-0.2, -0.15) is 13.2 Å². The Morgan fingerprint density at radius 2 is 1.71 bits per heavy atom. The molecule has 1 nitrogen and oxygen atoms in total. The molecule has 0 aliphatic heterocycles. The van der Waals surface area contributed by atoms with E-state index in [0.29, 0.717) is 12.5 Å². The third-order valence-corrected chi connectivity index (χ3v) is 3.90. The fourth-order valence-electron chi connectivity index (χ4n) is 2.73. The number of hydrogen-bond donors (Lipinski definition) is 1. The molecule has 0 radical (unpaired) electrons. The Morgan fingerprint density at radius 3 is 2.06 bits per heavy atom. The van der Waals surface area contributed by atoms with E-state index in [2.05, 4.69) is 13.8 Å². The highest BCUT2D eigenvalue weighted by Gasteiger charge is 2.57. The van der Waals surface area contributed by atoms with Crippen LogP contribution in [-0.4, -0.2) is 6.54 Å². The summed E-state index contributed by atoms with van der Waals surface area (Å²) in [4.78, 5) is 0. The van der Waals surface area contributed by atoms with Gasteiger partial charge in [-0.25, -0.2) is 0 Å². The maximum Gasteiger partial charge on any atom is 0.416 e. The van der Waals surface area contributed by atoms with Crippen LogP contribution in [0.2, 0.25) is 0 Å². The molecule has 2 atom stereocenters. The van der Waals surface area contributed by atoms with Gasteiger partial charge in [0.05, 0.1) is 5.56 Å². The van der Waals surface area contributed by atoms with Crippen LogP contribution in [0.3, 0.4) is 0 Å². The van der Waals surface area contributed by atoms with Gasteiger partial charge in [0.2, 0.25) is 0 Å². The maximum absolute atomic E-state index is 12.4. The highest BCUT2D eigenvalue weighted by Crippen LogP contribution is 2.63. The molecule has 4 heteroatoms. The Kier molecular flexibility index (Phi) is 2.73. The molecule has 0 amide bonds. The zero-order valence-electron chi connectivity index (χ0n) is 9.88. The van der Waals surface area contributed by atoms with Gasteiger partial charge in [-0.3, -0.25) is 0 Å². The number of hydrogen-bond acceptors (Lipinski definition) is 1. The molecule has 0 bridgehead atoms. The van der Waals surface area contributed by atoms with Crippen molar-refractivity contribution in [3.8, 4) is 0 Å². The van der Waals surface area contributed by atoms with Crippen LogP contribution >= 0.6 is 0 Å². The van der Waals surface area contributed by atoms with Crippen molar-refractivity contribution in [3.05, 3.63) is 35.4 Å². The summed E-state index contributed by atoms with van der Waals surface area (Å²) in [6.45, 7) is 4.79. The van der Waals surface area contributed by atoms with Crippen molar-refractivity contribution in [1.82, 2.24) is 0 Å². The van der Waals surface area contributed by atoms with E-state index < -0.39 is 11.7 Å². The molecule has 0 aromatic heterocycles. The lowest BCUT2D eigenvalue weighted by molar-refractivity contribution is -0.137. The van der Waals surface area contributed by atoms with E-state index in [-0.39, 0.29) is 11.3 Å².